The first kappa shape index (κ1) is 19.5. The lowest BCUT2D eigenvalue weighted by molar-refractivity contribution is -0.133. The Morgan fingerprint density at radius 1 is 1.16 bits per heavy atom. The van der Waals surface area contributed by atoms with E-state index >= 15 is 0 Å². The first-order chi connectivity index (χ1) is 11.6. The Morgan fingerprint density at radius 2 is 1.80 bits per heavy atom. The number of likely N-dealkylation sites (N-methyl/N-ethyl adjacent to an activating group) is 1. The lowest BCUT2D eigenvalue weighted by Crippen LogP contribution is -2.45. The highest BCUT2D eigenvalue weighted by molar-refractivity contribution is 5.88. The predicted molar refractivity (Wildman–Crippen MR) is 105 cm³/mol. The van der Waals surface area contributed by atoms with Gasteiger partial charge < -0.3 is 15.0 Å². The topological polar surface area (TPSA) is 41.6 Å². The van der Waals surface area contributed by atoms with Crippen LogP contribution >= 0.6 is 12.4 Å². The number of ether oxygens (including phenoxy) is 1. The summed E-state index contributed by atoms with van der Waals surface area (Å²) in [5.74, 6) is 0.927. The summed E-state index contributed by atoms with van der Waals surface area (Å²) >= 11 is 0. The average molecular weight is 363 g/mol. The number of rotatable bonds is 4. The number of carbonyl (C=O) groups is 1. The number of nitrogens with zero attached hydrogens (tertiary/aromatic N) is 1. The van der Waals surface area contributed by atoms with Crippen molar-refractivity contribution in [3.8, 4) is 5.75 Å². The fourth-order valence-corrected chi connectivity index (χ4v) is 3.46. The summed E-state index contributed by atoms with van der Waals surface area (Å²) < 4.78 is 5.27. The molecule has 1 unspecified atom stereocenters. The molecule has 1 aliphatic heterocycles. The molecular weight excluding hydrogens is 336 g/mol. The lowest BCUT2D eigenvalue weighted by atomic mass is 9.95. The molecule has 1 saturated heterocycles. The molecule has 0 spiro atoms. The van der Waals surface area contributed by atoms with E-state index < -0.39 is 0 Å². The Balaban J connectivity index is 0.00000225. The Morgan fingerprint density at radius 3 is 2.48 bits per heavy atom. The number of hydrogen-bond donors (Lipinski definition) is 1. The van der Waals surface area contributed by atoms with Crippen molar-refractivity contribution < 1.29 is 9.53 Å². The fraction of sp³-hybridized carbons (Fsp3) is 0.450. The summed E-state index contributed by atoms with van der Waals surface area (Å²) in [4.78, 5) is 14.8. The first-order valence-electron chi connectivity index (χ1n) is 8.65. The Hall–Kier alpha value is -1.78. The minimum absolute atomic E-state index is 0. The molecule has 5 heteroatoms. The quantitative estimate of drug-likeness (QED) is 0.903. The van der Waals surface area contributed by atoms with Crippen LogP contribution in [0.25, 0.3) is 10.8 Å². The molecule has 0 bridgehead atoms. The number of halogens is 1. The second-order valence-corrected chi connectivity index (χ2v) is 6.62. The molecule has 0 radical (unpaired) electrons. The molecule has 136 valence electrons. The Kier molecular flexibility index (Phi) is 6.68. The largest absolute Gasteiger partial charge is 0.497 e. The molecule has 1 heterocycles. The van der Waals surface area contributed by atoms with Crippen molar-refractivity contribution in [1.29, 1.82) is 0 Å². The van der Waals surface area contributed by atoms with Gasteiger partial charge in [0.2, 0.25) is 5.91 Å². The monoisotopic (exact) mass is 362 g/mol. The van der Waals surface area contributed by atoms with Crippen molar-refractivity contribution >= 4 is 29.1 Å². The number of carbonyl (C=O) groups excluding carboxylic acids is 1. The van der Waals surface area contributed by atoms with Crippen LogP contribution in [-0.4, -0.2) is 44.1 Å². The van der Waals surface area contributed by atoms with E-state index in [1.54, 1.807) is 7.11 Å². The second kappa shape index (κ2) is 8.54. The maximum Gasteiger partial charge on any atom is 0.229 e. The van der Waals surface area contributed by atoms with E-state index in [1.165, 1.54) is 0 Å². The summed E-state index contributed by atoms with van der Waals surface area (Å²) in [6, 6.07) is 12.6. The Bertz CT molecular complexity index is 729. The number of nitrogens with one attached hydrogen (secondary N) is 1. The van der Waals surface area contributed by atoms with E-state index in [4.69, 9.17) is 4.74 Å². The summed E-state index contributed by atoms with van der Waals surface area (Å²) in [7, 11) is 3.62. The van der Waals surface area contributed by atoms with Crippen molar-refractivity contribution in [2.24, 2.45) is 0 Å². The van der Waals surface area contributed by atoms with Gasteiger partial charge in [-0.1, -0.05) is 24.3 Å². The van der Waals surface area contributed by atoms with Gasteiger partial charge >= 0.3 is 0 Å². The molecule has 1 aliphatic rings. The predicted octanol–water partition coefficient (Wildman–Crippen LogP) is 3.58. The van der Waals surface area contributed by atoms with Crippen molar-refractivity contribution in [2.75, 3.05) is 27.2 Å². The summed E-state index contributed by atoms with van der Waals surface area (Å²) in [6.45, 7) is 3.99. The first-order valence-corrected chi connectivity index (χ1v) is 8.65. The molecule has 1 atom stereocenters. The van der Waals surface area contributed by atoms with Gasteiger partial charge in [-0.25, -0.2) is 0 Å². The summed E-state index contributed by atoms with van der Waals surface area (Å²) in [5, 5.41) is 5.62. The molecular formula is C20H27ClN2O2. The number of methoxy groups -OCH3 is 1. The lowest BCUT2D eigenvalue weighted by Gasteiger charge is -2.33. The highest BCUT2D eigenvalue weighted by atomic mass is 35.5. The molecule has 0 aliphatic carbocycles. The van der Waals surface area contributed by atoms with Crippen LogP contribution in [0, 0.1) is 0 Å². The Labute approximate surface area is 155 Å². The third kappa shape index (κ3) is 4.25. The van der Waals surface area contributed by atoms with Crippen molar-refractivity contribution in [3.05, 3.63) is 42.0 Å². The van der Waals surface area contributed by atoms with Gasteiger partial charge in [0, 0.05) is 13.1 Å². The molecule has 4 nitrogen and oxygen atoms in total. The molecule has 0 aromatic heterocycles. The number of fused-ring (bicyclic) bond motifs is 1. The van der Waals surface area contributed by atoms with Crippen LogP contribution in [0.2, 0.25) is 0 Å². The van der Waals surface area contributed by atoms with Crippen LogP contribution in [-0.2, 0) is 4.79 Å². The second-order valence-electron chi connectivity index (χ2n) is 6.62. The van der Waals surface area contributed by atoms with E-state index in [9.17, 15) is 4.79 Å². The highest BCUT2D eigenvalue weighted by Crippen LogP contribution is 2.27. The third-order valence-corrected chi connectivity index (χ3v) is 5.15. The zero-order valence-electron chi connectivity index (χ0n) is 15.1. The van der Waals surface area contributed by atoms with Gasteiger partial charge in [0.25, 0.3) is 0 Å². The fourth-order valence-electron chi connectivity index (χ4n) is 3.46. The van der Waals surface area contributed by atoms with Crippen LogP contribution in [0.4, 0.5) is 0 Å². The summed E-state index contributed by atoms with van der Waals surface area (Å²) in [5.41, 5.74) is 1.07. The highest BCUT2D eigenvalue weighted by Gasteiger charge is 2.26. The maximum atomic E-state index is 12.9. The SMILES string of the molecule is COc1ccc2cc(C(C)C(=O)N(C)C3CCNCC3)ccc2c1.Cl. The third-order valence-electron chi connectivity index (χ3n) is 5.15. The van der Waals surface area contributed by atoms with Gasteiger partial charge in [-0.3, -0.25) is 4.79 Å². The van der Waals surface area contributed by atoms with Gasteiger partial charge in [-0.15, -0.1) is 12.4 Å². The van der Waals surface area contributed by atoms with Crippen LogP contribution < -0.4 is 10.1 Å². The van der Waals surface area contributed by atoms with Gasteiger partial charge in [0.15, 0.2) is 0 Å². The maximum absolute atomic E-state index is 12.9. The van der Waals surface area contributed by atoms with Gasteiger partial charge in [0.1, 0.15) is 5.75 Å². The molecule has 25 heavy (non-hydrogen) atoms. The normalized spacial score (nSPS) is 16.1. The number of benzene rings is 2. The molecule has 1 amide bonds. The van der Waals surface area contributed by atoms with Gasteiger partial charge in [-0.2, -0.15) is 0 Å². The van der Waals surface area contributed by atoms with Gasteiger partial charge in [-0.05, 0) is 61.3 Å². The number of hydrogen-bond acceptors (Lipinski definition) is 3. The number of piperidine rings is 1. The molecule has 3 rings (SSSR count). The van der Waals surface area contributed by atoms with Crippen molar-refractivity contribution in [3.63, 3.8) is 0 Å². The van der Waals surface area contributed by atoms with Crippen LogP contribution in [0.15, 0.2) is 36.4 Å². The zero-order valence-corrected chi connectivity index (χ0v) is 15.9. The van der Waals surface area contributed by atoms with E-state index in [-0.39, 0.29) is 24.2 Å². The van der Waals surface area contributed by atoms with Gasteiger partial charge in [0.05, 0.1) is 13.0 Å². The van der Waals surface area contributed by atoms with Crippen molar-refractivity contribution in [1.82, 2.24) is 10.2 Å². The van der Waals surface area contributed by atoms with Crippen molar-refractivity contribution in [2.45, 2.75) is 31.7 Å². The molecule has 2 aromatic rings. The van der Waals surface area contributed by atoms with Crippen LogP contribution in [0.3, 0.4) is 0 Å². The van der Waals surface area contributed by atoms with Crippen LogP contribution in [0.1, 0.15) is 31.2 Å². The number of amides is 1. The van der Waals surface area contributed by atoms with Crippen LogP contribution in [0.5, 0.6) is 5.75 Å². The van der Waals surface area contributed by atoms with E-state index in [0.29, 0.717) is 6.04 Å². The molecule has 1 fully saturated rings. The van der Waals surface area contributed by atoms with E-state index in [1.807, 2.05) is 37.1 Å². The zero-order chi connectivity index (χ0) is 17.1. The standard InChI is InChI=1S/C20H26N2O2.ClH/c1-14(20(23)22(2)18-8-10-21-11-9-18)15-4-5-17-13-19(24-3)7-6-16(17)12-15;/h4-7,12-14,18,21H,8-11H2,1-3H3;1H. The van der Waals surface area contributed by atoms with E-state index in [2.05, 4.69) is 23.5 Å². The van der Waals surface area contributed by atoms with E-state index in [0.717, 1.165) is 48.0 Å². The summed E-state index contributed by atoms with van der Waals surface area (Å²) in [6.07, 6.45) is 2.07. The minimum atomic E-state index is -0.128. The minimum Gasteiger partial charge on any atom is -0.497 e. The molecule has 2 aromatic carbocycles. The molecule has 1 N–H and O–H groups in total. The molecule has 0 saturated carbocycles. The smallest absolute Gasteiger partial charge is 0.229 e. The average Bonchev–Trinajstić information content (AvgIpc) is 2.66.